The van der Waals surface area contributed by atoms with Crippen LogP contribution in [0.2, 0.25) is 0 Å². The van der Waals surface area contributed by atoms with Gasteiger partial charge in [-0.3, -0.25) is 9.59 Å². The van der Waals surface area contributed by atoms with E-state index in [2.05, 4.69) is 15.6 Å². The standard InChI is InChI=1S/C23H29N3O4/c1-15-19(14-24-22(28)20-11-6-12-29-20)26-23(30-15)17-9-4-5-10-18(17)25-21(27)13-16-7-2-3-8-16/h4-5,9-10,16,20H,2-3,6-8,11-14H2,1H3,(H,24,28)(H,25,27). The fraction of sp³-hybridized carbons (Fsp3) is 0.522. The maximum absolute atomic E-state index is 12.5. The first kappa shape index (κ1) is 20.6. The summed E-state index contributed by atoms with van der Waals surface area (Å²) in [5.41, 5.74) is 2.09. The number of benzene rings is 1. The van der Waals surface area contributed by atoms with E-state index in [1.807, 2.05) is 31.2 Å². The third-order valence-electron chi connectivity index (χ3n) is 5.93. The van der Waals surface area contributed by atoms with Crippen LogP contribution in [0.4, 0.5) is 5.69 Å². The van der Waals surface area contributed by atoms with E-state index in [1.165, 1.54) is 12.8 Å². The van der Waals surface area contributed by atoms with E-state index in [1.54, 1.807) is 0 Å². The molecule has 1 aliphatic carbocycles. The van der Waals surface area contributed by atoms with Crippen LogP contribution < -0.4 is 10.6 Å². The highest BCUT2D eigenvalue weighted by molar-refractivity contribution is 5.94. The van der Waals surface area contributed by atoms with Gasteiger partial charge in [-0.05, 0) is 50.7 Å². The summed E-state index contributed by atoms with van der Waals surface area (Å²) in [4.78, 5) is 29.3. The van der Waals surface area contributed by atoms with Crippen molar-refractivity contribution in [3.05, 3.63) is 35.7 Å². The molecule has 1 atom stereocenters. The summed E-state index contributed by atoms with van der Waals surface area (Å²) < 4.78 is 11.3. The summed E-state index contributed by atoms with van der Waals surface area (Å²) >= 11 is 0. The van der Waals surface area contributed by atoms with E-state index in [0.717, 1.165) is 31.2 Å². The summed E-state index contributed by atoms with van der Waals surface area (Å²) in [7, 11) is 0. The molecule has 2 amide bonds. The summed E-state index contributed by atoms with van der Waals surface area (Å²) in [6.07, 6.45) is 6.56. The Bertz CT molecular complexity index is 896. The Morgan fingerprint density at radius 1 is 1.13 bits per heavy atom. The van der Waals surface area contributed by atoms with Gasteiger partial charge in [0.25, 0.3) is 0 Å². The van der Waals surface area contributed by atoms with Crippen LogP contribution in [0.1, 0.15) is 56.4 Å². The number of carbonyl (C=O) groups is 2. The van der Waals surface area contributed by atoms with Gasteiger partial charge in [0.2, 0.25) is 17.7 Å². The van der Waals surface area contributed by atoms with E-state index < -0.39 is 0 Å². The molecule has 2 fully saturated rings. The highest BCUT2D eigenvalue weighted by Crippen LogP contribution is 2.31. The molecule has 1 aromatic heterocycles. The van der Waals surface area contributed by atoms with E-state index in [-0.39, 0.29) is 24.5 Å². The predicted octanol–water partition coefficient (Wildman–Crippen LogP) is 3.96. The Morgan fingerprint density at radius 3 is 2.70 bits per heavy atom. The maximum atomic E-state index is 12.5. The SMILES string of the molecule is Cc1oc(-c2ccccc2NC(=O)CC2CCCC2)nc1CNC(=O)C1CCCO1. The highest BCUT2D eigenvalue weighted by Gasteiger charge is 2.24. The van der Waals surface area contributed by atoms with Gasteiger partial charge in [0.15, 0.2) is 0 Å². The number of para-hydroxylation sites is 1. The first-order valence-electron chi connectivity index (χ1n) is 10.8. The van der Waals surface area contributed by atoms with Crippen molar-refractivity contribution in [1.29, 1.82) is 0 Å². The molecular weight excluding hydrogens is 382 g/mol. The van der Waals surface area contributed by atoms with Crippen molar-refractivity contribution in [1.82, 2.24) is 10.3 Å². The zero-order valence-corrected chi connectivity index (χ0v) is 17.4. The second-order valence-corrected chi connectivity index (χ2v) is 8.19. The van der Waals surface area contributed by atoms with Gasteiger partial charge in [-0.25, -0.2) is 4.98 Å². The molecule has 1 saturated carbocycles. The van der Waals surface area contributed by atoms with Gasteiger partial charge in [-0.2, -0.15) is 0 Å². The van der Waals surface area contributed by atoms with Gasteiger partial charge in [0, 0.05) is 13.0 Å². The zero-order chi connectivity index (χ0) is 20.9. The van der Waals surface area contributed by atoms with E-state index in [4.69, 9.17) is 9.15 Å². The molecule has 4 rings (SSSR count). The summed E-state index contributed by atoms with van der Waals surface area (Å²) in [5, 5.41) is 5.90. The zero-order valence-electron chi connectivity index (χ0n) is 17.4. The first-order chi connectivity index (χ1) is 14.6. The van der Waals surface area contributed by atoms with Crippen LogP contribution in [0.25, 0.3) is 11.5 Å². The van der Waals surface area contributed by atoms with Gasteiger partial charge >= 0.3 is 0 Å². The number of hydrogen-bond acceptors (Lipinski definition) is 5. The van der Waals surface area contributed by atoms with Crippen molar-refractivity contribution < 1.29 is 18.7 Å². The fourth-order valence-corrected chi connectivity index (χ4v) is 4.23. The topological polar surface area (TPSA) is 93.5 Å². The summed E-state index contributed by atoms with van der Waals surface area (Å²) in [6.45, 7) is 2.74. The number of rotatable bonds is 7. The molecule has 2 aliphatic rings. The van der Waals surface area contributed by atoms with Crippen molar-refractivity contribution in [2.45, 2.75) is 64.5 Å². The lowest BCUT2D eigenvalue weighted by Crippen LogP contribution is -2.33. The van der Waals surface area contributed by atoms with Crippen molar-refractivity contribution in [2.75, 3.05) is 11.9 Å². The molecular formula is C23H29N3O4. The van der Waals surface area contributed by atoms with Crippen LogP contribution in [0.5, 0.6) is 0 Å². The van der Waals surface area contributed by atoms with Crippen molar-refractivity contribution in [3.8, 4) is 11.5 Å². The second-order valence-electron chi connectivity index (χ2n) is 8.19. The Morgan fingerprint density at radius 2 is 1.93 bits per heavy atom. The molecule has 0 radical (unpaired) electrons. The smallest absolute Gasteiger partial charge is 0.249 e. The van der Waals surface area contributed by atoms with Crippen molar-refractivity contribution in [2.24, 2.45) is 5.92 Å². The van der Waals surface area contributed by atoms with E-state index in [9.17, 15) is 9.59 Å². The average Bonchev–Trinajstić information content (AvgIpc) is 3.49. The van der Waals surface area contributed by atoms with Crippen molar-refractivity contribution >= 4 is 17.5 Å². The predicted molar refractivity (Wildman–Crippen MR) is 113 cm³/mol. The Hall–Kier alpha value is -2.67. The molecule has 0 spiro atoms. The minimum absolute atomic E-state index is 0.0293. The molecule has 0 bridgehead atoms. The van der Waals surface area contributed by atoms with Crippen LogP contribution >= 0.6 is 0 Å². The highest BCUT2D eigenvalue weighted by atomic mass is 16.5. The van der Waals surface area contributed by atoms with Gasteiger partial charge in [0.05, 0.1) is 17.8 Å². The third-order valence-corrected chi connectivity index (χ3v) is 5.93. The molecule has 30 heavy (non-hydrogen) atoms. The van der Waals surface area contributed by atoms with Crippen LogP contribution in [-0.2, 0) is 20.9 Å². The molecule has 160 valence electrons. The number of nitrogens with zero attached hydrogens (tertiary/aromatic N) is 1. The molecule has 1 aliphatic heterocycles. The number of carbonyl (C=O) groups excluding carboxylic acids is 2. The van der Waals surface area contributed by atoms with Crippen LogP contribution in [0.15, 0.2) is 28.7 Å². The Balaban J connectivity index is 1.43. The summed E-state index contributed by atoms with van der Waals surface area (Å²) in [6, 6.07) is 7.51. The molecule has 1 aromatic carbocycles. The first-order valence-corrected chi connectivity index (χ1v) is 10.8. The van der Waals surface area contributed by atoms with E-state index in [0.29, 0.717) is 42.0 Å². The Labute approximate surface area is 176 Å². The minimum Gasteiger partial charge on any atom is -0.441 e. The normalized spacial score (nSPS) is 19.2. The third kappa shape index (κ3) is 4.90. The maximum Gasteiger partial charge on any atom is 0.249 e. The molecule has 7 heteroatoms. The van der Waals surface area contributed by atoms with Crippen molar-refractivity contribution in [3.63, 3.8) is 0 Å². The molecule has 7 nitrogen and oxygen atoms in total. The number of oxazole rings is 1. The molecule has 2 N–H and O–H groups in total. The molecule has 1 unspecified atom stereocenters. The lowest BCUT2D eigenvalue weighted by atomic mass is 10.0. The lowest BCUT2D eigenvalue weighted by molar-refractivity contribution is -0.130. The number of aromatic nitrogens is 1. The van der Waals surface area contributed by atoms with Gasteiger partial charge in [0.1, 0.15) is 17.6 Å². The summed E-state index contributed by atoms with van der Waals surface area (Å²) in [5.74, 6) is 1.48. The average molecular weight is 412 g/mol. The van der Waals surface area contributed by atoms with E-state index >= 15 is 0 Å². The molecule has 2 aromatic rings. The number of hydrogen-bond donors (Lipinski definition) is 2. The van der Waals surface area contributed by atoms with Crippen LogP contribution in [0.3, 0.4) is 0 Å². The van der Waals surface area contributed by atoms with Gasteiger partial charge < -0.3 is 19.8 Å². The minimum atomic E-state index is -0.368. The number of ether oxygens (including phenoxy) is 1. The molecule has 1 saturated heterocycles. The second kappa shape index (κ2) is 9.43. The van der Waals surface area contributed by atoms with Crippen LogP contribution in [0, 0.1) is 12.8 Å². The largest absolute Gasteiger partial charge is 0.441 e. The van der Waals surface area contributed by atoms with Gasteiger partial charge in [-0.15, -0.1) is 0 Å². The number of amides is 2. The van der Waals surface area contributed by atoms with Gasteiger partial charge in [-0.1, -0.05) is 25.0 Å². The lowest BCUT2D eigenvalue weighted by Gasteiger charge is -2.11. The fourth-order valence-electron chi connectivity index (χ4n) is 4.23. The van der Waals surface area contributed by atoms with Crippen LogP contribution in [-0.4, -0.2) is 29.5 Å². The quantitative estimate of drug-likeness (QED) is 0.719. The number of aryl methyl sites for hydroxylation is 1. The number of nitrogens with one attached hydrogen (secondary N) is 2. The number of anilines is 1. The Kier molecular flexibility index (Phi) is 6.47. The molecule has 2 heterocycles. The monoisotopic (exact) mass is 411 g/mol.